The maximum Gasteiger partial charge on any atom is 0.0343 e. The van der Waals surface area contributed by atoms with Crippen LogP contribution in [-0.2, 0) is 0 Å². The maximum atomic E-state index is 5.82. The molecule has 3 rings (SSSR count). The molecule has 19 heavy (non-hydrogen) atoms. The number of benzene rings is 1. The molecule has 1 aromatic carbocycles. The smallest absolute Gasteiger partial charge is 0.0343 e. The quantitative estimate of drug-likeness (QED) is 0.715. The van der Waals surface area contributed by atoms with Gasteiger partial charge in [-0.05, 0) is 74.6 Å². The van der Waals surface area contributed by atoms with E-state index in [4.69, 9.17) is 17.2 Å². The second kappa shape index (κ2) is 5.93. The standard InChI is InChI=1S/C9H18N2.C7H9N/c10-5-8-3-7-1-2-9(8,4-7)6-11;1-6-4-2-3-5-7(6)8/h7-8H,1-6,10-11H2;2-5H,8H2,1H3. The Bertz CT molecular complexity index is 397. The molecule has 3 nitrogen and oxygen atoms in total. The van der Waals surface area contributed by atoms with Crippen molar-refractivity contribution >= 4 is 5.69 Å². The van der Waals surface area contributed by atoms with Gasteiger partial charge in [0.1, 0.15) is 0 Å². The van der Waals surface area contributed by atoms with E-state index in [2.05, 4.69) is 0 Å². The van der Waals surface area contributed by atoms with E-state index in [0.717, 1.165) is 36.2 Å². The highest BCUT2D eigenvalue weighted by Crippen LogP contribution is 2.56. The second-order valence-corrected chi connectivity index (χ2v) is 6.20. The first-order valence-electron chi connectivity index (χ1n) is 7.32. The zero-order valence-electron chi connectivity index (χ0n) is 11.9. The number of hydrogen-bond acceptors (Lipinski definition) is 3. The lowest BCUT2D eigenvalue weighted by molar-refractivity contribution is 0.200. The Kier molecular flexibility index (Phi) is 4.48. The van der Waals surface area contributed by atoms with Gasteiger partial charge in [-0.25, -0.2) is 0 Å². The molecule has 1 aromatic rings. The third kappa shape index (κ3) is 2.93. The number of nitrogens with two attached hydrogens (primary N) is 3. The minimum Gasteiger partial charge on any atom is -0.399 e. The Morgan fingerprint density at radius 2 is 2.00 bits per heavy atom. The fourth-order valence-corrected chi connectivity index (χ4v) is 3.78. The lowest BCUT2D eigenvalue weighted by Gasteiger charge is -2.33. The fourth-order valence-electron chi connectivity index (χ4n) is 3.78. The Morgan fingerprint density at radius 3 is 2.42 bits per heavy atom. The number of para-hydroxylation sites is 1. The van der Waals surface area contributed by atoms with Crippen molar-refractivity contribution < 1.29 is 0 Å². The second-order valence-electron chi connectivity index (χ2n) is 6.20. The summed E-state index contributed by atoms with van der Waals surface area (Å²) in [6.07, 6.45) is 5.48. The van der Waals surface area contributed by atoms with Crippen molar-refractivity contribution in [3.63, 3.8) is 0 Å². The van der Waals surface area contributed by atoms with Crippen LogP contribution in [0.4, 0.5) is 5.69 Å². The molecule has 106 valence electrons. The molecule has 0 saturated heterocycles. The topological polar surface area (TPSA) is 78.1 Å². The number of anilines is 1. The van der Waals surface area contributed by atoms with Crippen molar-refractivity contribution in [2.75, 3.05) is 18.8 Å². The molecule has 2 aliphatic carbocycles. The number of nitrogen functional groups attached to an aromatic ring is 1. The van der Waals surface area contributed by atoms with E-state index in [0.29, 0.717) is 5.41 Å². The molecule has 2 fully saturated rings. The van der Waals surface area contributed by atoms with E-state index in [1.165, 1.54) is 25.7 Å². The summed E-state index contributed by atoms with van der Waals surface area (Å²) in [6, 6.07) is 7.80. The van der Waals surface area contributed by atoms with Crippen molar-refractivity contribution in [2.24, 2.45) is 28.7 Å². The zero-order chi connectivity index (χ0) is 13.9. The van der Waals surface area contributed by atoms with Crippen molar-refractivity contribution in [2.45, 2.75) is 32.6 Å². The van der Waals surface area contributed by atoms with Gasteiger partial charge in [0.25, 0.3) is 0 Å². The third-order valence-electron chi connectivity index (χ3n) is 5.11. The molecule has 0 aromatic heterocycles. The van der Waals surface area contributed by atoms with E-state index in [9.17, 15) is 0 Å². The molecule has 0 radical (unpaired) electrons. The molecule has 0 heterocycles. The molecule has 0 amide bonds. The van der Waals surface area contributed by atoms with Crippen molar-refractivity contribution in [1.29, 1.82) is 0 Å². The van der Waals surface area contributed by atoms with Gasteiger partial charge >= 0.3 is 0 Å². The Labute approximate surface area is 116 Å². The number of fused-ring (bicyclic) bond motifs is 2. The largest absolute Gasteiger partial charge is 0.399 e. The van der Waals surface area contributed by atoms with E-state index < -0.39 is 0 Å². The van der Waals surface area contributed by atoms with Gasteiger partial charge in [-0.2, -0.15) is 0 Å². The highest BCUT2D eigenvalue weighted by Gasteiger charge is 2.50. The minimum atomic E-state index is 0.472. The predicted molar refractivity (Wildman–Crippen MR) is 81.6 cm³/mol. The highest BCUT2D eigenvalue weighted by molar-refractivity contribution is 5.44. The first-order chi connectivity index (χ1) is 9.11. The van der Waals surface area contributed by atoms with Crippen LogP contribution < -0.4 is 17.2 Å². The van der Waals surface area contributed by atoms with Gasteiger partial charge in [-0.15, -0.1) is 0 Å². The summed E-state index contributed by atoms with van der Waals surface area (Å²) in [5.74, 6) is 1.71. The minimum absolute atomic E-state index is 0.472. The summed E-state index contributed by atoms with van der Waals surface area (Å²) >= 11 is 0. The summed E-state index contributed by atoms with van der Waals surface area (Å²) < 4.78 is 0. The summed E-state index contributed by atoms with van der Waals surface area (Å²) in [4.78, 5) is 0. The van der Waals surface area contributed by atoms with E-state index in [1.54, 1.807) is 0 Å². The molecule has 2 bridgehead atoms. The Balaban J connectivity index is 0.000000148. The monoisotopic (exact) mass is 261 g/mol. The predicted octanol–water partition coefficient (Wildman–Crippen LogP) is 2.29. The van der Waals surface area contributed by atoms with Crippen LogP contribution in [0.2, 0.25) is 0 Å². The maximum absolute atomic E-state index is 5.82. The zero-order valence-corrected chi connectivity index (χ0v) is 11.9. The van der Waals surface area contributed by atoms with Crippen LogP contribution in [0.15, 0.2) is 24.3 Å². The van der Waals surface area contributed by atoms with Crippen molar-refractivity contribution in [3.05, 3.63) is 29.8 Å². The van der Waals surface area contributed by atoms with Crippen LogP contribution in [0.1, 0.15) is 31.2 Å². The van der Waals surface area contributed by atoms with Crippen LogP contribution in [0.3, 0.4) is 0 Å². The van der Waals surface area contributed by atoms with Crippen LogP contribution in [-0.4, -0.2) is 13.1 Å². The average Bonchev–Trinajstić information content (AvgIpc) is 3.01. The molecule has 3 heteroatoms. The average molecular weight is 261 g/mol. The van der Waals surface area contributed by atoms with Gasteiger partial charge in [0.05, 0.1) is 0 Å². The van der Waals surface area contributed by atoms with Gasteiger partial charge in [-0.1, -0.05) is 18.2 Å². The van der Waals surface area contributed by atoms with Gasteiger partial charge < -0.3 is 17.2 Å². The van der Waals surface area contributed by atoms with Crippen LogP contribution in [0.5, 0.6) is 0 Å². The summed E-state index contributed by atoms with van der Waals surface area (Å²) in [5.41, 5.74) is 19.5. The van der Waals surface area contributed by atoms with Gasteiger partial charge in [0.2, 0.25) is 0 Å². The van der Waals surface area contributed by atoms with Gasteiger partial charge in [0, 0.05) is 5.69 Å². The number of hydrogen-bond donors (Lipinski definition) is 3. The van der Waals surface area contributed by atoms with Crippen molar-refractivity contribution in [3.8, 4) is 0 Å². The highest BCUT2D eigenvalue weighted by atomic mass is 14.7. The molecular formula is C16H27N3. The molecule has 2 aliphatic rings. The molecule has 2 saturated carbocycles. The van der Waals surface area contributed by atoms with Gasteiger partial charge in [0.15, 0.2) is 0 Å². The van der Waals surface area contributed by atoms with E-state index >= 15 is 0 Å². The molecule has 3 atom stereocenters. The lowest BCUT2D eigenvalue weighted by atomic mass is 9.75. The molecule has 0 aliphatic heterocycles. The van der Waals surface area contributed by atoms with Crippen LogP contribution >= 0.6 is 0 Å². The van der Waals surface area contributed by atoms with E-state index in [1.807, 2.05) is 31.2 Å². The summed E-state index contributed by atoms with van der Waals surface area (Å²) in [6.45, 7) is 3.72. The number of rotatable bonds is 2. The Morgan fingerprint density at radius 1 is 1.26 bits per heavy atom. The SMILES string of the molecule is Cc1ccccc1N.NCC1CC2CCC1(CN)C2. The lowest BCUT2D eigenvalue weighted by Crippen LogP contribution is -2.37. The summed E-state index contributed by atoms with van der Waals surface area (Å²) in [7, 11) is 0. The van der Waals surface area contributed by atoms with Crippen LogP contribution in [0.25, 0.3) is 0 Å². The first kappa shape index (κ1) is 14.4. The summed E-state index contributed by atoms with van der Waals surface area (Å²) in [5, 5.41) is 0. The normalized spacial score (nSPS) is 31.9. The van der Waals surface area contributed by atoms with Gasteiger partial charge in [-0.3, -0.25) is 0 Å². The van der Waals surface area contributed by atoms with Crippen molar-refractivity contribution in [1.82, 2.24) is 0 Å². The van der Waals surface area contributed by atoms with Crippen LogP contribution in [0, 0.1) is 24.2 Å². The third-order valence-corrected chi connectivity index (χ3v) is 5.11. The molecule has 0 spiro atoms. The number of aryl methyl sites for hydroxylation is 1. The molecule has 3 unspecified atom stereocenters. The molecular weight excluding hydrogens is 234 g/mol. The van der Waals surface area contributed by atoms with E-state index in [-0.39, 0.29) is 0 Å². The first-order valence-corrected chi connectivity index (χ1v) is 7.32. The fraction of sp³-hybridized carbons (Fsp3) is 0.625. The molecule has 6 N–H and O–H groups in total. The Hall–Kier alpha value is -1.06.